The fourth-order valence-electron chi connectivity index (χ4n) is 1.64. The van der Waals surface area contributed by atoms with Crippen LogP contribution < -0.4 is 4.74 Å². The van der Waals surface area contributed by atoms with Crippen molar-refractivity contribution in [2.24, 2.45) is 5.92 Å². The number of thiophene rings is 1. The first-order valence-electron chi connectivity index (χ1n) is 6.64. The first-order valence-corrected chi connectivity index (χ1v) is 7.52. The second kappa shape index (κ2) is 7.06. The van der Waals surface area contributed by atoms with Crippen LogP contribution in [0.2, 0.25) is 0 Å². The van der Waals surface area contributed by atoms with E-state index in [1.165, 1.54) is 11.3 Å². The Balaban J connectivity index is 2.02. The van der Waals surface area contributed by atoms with E-state index in [-0.39, 0.29) is 5.78 Å². The Morgan fingerprint density at radius 3 is 2.85 bits per heavy atom. The van der Waals surface area contributed by atoms with E-state index in [4.69, 9.17) is 4.74 Å². The van der Waals surface area contributed by atoms with E-state index in [9.17, 15) is 4.79 Å². The van der Waals surface area contributed by atoms with Crippen molar-refractivity contribution in [3.63, 3.8) is 0 Å². The van der Waals surface area contributed by atoms with Crippen molar-refractivity contribution in [3.8, 4) is 5.75 Å². The van der Waals surface area contributed by atoms with E-state index in [1.54, 1.807) is 6.08 Å². The van der Waals surface area contributed by atoms with Crippen molar-refractivity contribution in [2.75, 3.05) is 6.61 Å². The fraction of sp³-hybridized carbons (Fsp3) is 0.235. The highest BCUT2D eigenvalue weighted by Gasteiger charge is 2.02. The molecule has 0 radical (unpaired) electrons. The van der Waals surface area contributed by atoms with Crippen molar-refractivity contribution >= 4 is 23.2 Å². The summed E-state index contributed by atoms with van der Waals surface area (Å²) in [4.78, 5) is 12.6. The predicted octanol–water partition coefficient (Wildman–Crippen LogP) is 4.68. The fourth-order valence-corrected chi connectivity index (χ4v) is 2.29. The molecule has 0 atom stereocenters. The highest BCUT2D eigenvalue weighted by Crippen LogP contribution is 2.16. The summed E-state index contributed by atoms with van der Waals surface area (Å²) in [7, 11) is 0. The molecule has 0 aliphatic rings. The van der Waals surface area contributed by atoms with Gasteiger partial charge in [-0.3, -0.25) is 4.79 Å². The van der Waals surface area contributed by atoms with Gasteiger partial charge >= 0.3 is 0 Å². The second-order valence-corrected chi connectivity index (χ2v) is 5.90. The smallest absolute Gasteiger partial charge is 0.195 e. The number of rotatable bonds is 6. The molecule has 1 heterocycles. The number of hydrogen-bond acceptors (Lipinski definition) is 3. The van der Waals surface area contributed by atoms with Crippen LogP contribution in [0.15, 0.2) is 47.9 Å². The summed E-state index contributed by atoms with van der Waals surface area (Å²) < 4.78 is 5.67. The third kappa shape index (κ3) is 4.35. The van der Waals surface area contributed by atoms with Crippen molar-refractivity contribution in [1.29, 1.82) is 0 Å². The monoisotopic (exact) mass is 286 g/mol. The number of hydrogen-bond donors (Lipinski definition) is 0. The Kier molecular flexibility index (Phi) is 5.13. The summed E-state index contributed by atoms with van der Waals surface area (Å²) in [6.07, 6.45) is 3.43. The van der Waals surface area contributed by atoms with Crippen molar-refractivity contribution in [2.45, 2.75) is 13.8 Å². The lowest BCUT2D eigenvalue weighted by Crippen LogP contribution is -2.04. The highest BCUT2D eigenvalue weighted by molar-refractivity contribution is 7.12. The molecule has 2 nitrogen and oxygen atoms in total. The third-order valence-electron chi connectivity index (χ3n) is 2.63. The molecule has 0 saturated carbocycles. The van der Waals surface area contributed by atoms with Crippen LogP contribution in [-0.4, -0.2) is 12.4 Å². The van der Waals surface area contributed by atoms with Gasteiger partial charge in [0.25, 0.3) is 0 Å². The molecule has 0 spiro atoms. The normalized spacial score (nSPS) is 11.2. The molecule has 0 bridgehead atoms. The second-order valence-electron chi connectivity index (χ2n) is 4.95. The quantitative estimate of drug-likeness (QED) is 0.569. The summed E-state index contributed by atoms with van der Waals surface area (Å²) in [6.45, 7) is 4.92. The van der Waals surface area contributed by atoms with Gasteiger partial charge in [-0.15, -0.1) is 11.3 Å². The summed E-state index contributed by atoms with van der Waals surface area (Å²) in [6, 6.07) is 11.5. The molecule has 0 unspecified atom stereocenters. The van der Waals surface area contributed by atoms with Gasteiger partial charge in [-0.1, -0.05) is 38.1 Å². The predicted molar refractivity (Wildman–Crippen MR) is 84.5 cm³/mol. The SMILES string of the molecule is CC(C)COc1cccc(/C=C/C(=O)c2cccs2)c1. The molecule has 0 fully saturated rings. The first-order chi connectivity index (χ1) is 9.65. The maximum absolute atomic E-state index is 11.9. The summed E-state index contributed by atoms with van der Waals surface area (Å²) in [5.41, 5.74) is 0.969. The van der Waals surface area contributed by atoms with E-state index in [1.807, 2.05) is 47.9 Å². The van der Waals surface area contributed by atoms with Crippen molar-refractivity contribution in [1.82, 2.24) is 0 Å². The van der Waals surface area contributed by atoms with Gasteiger partial charge in [-0.05, 0) is 41.1 Å². The lowest BCUT2D eigenvalue weighted by molar-refractivity contribution is 0.105. The van der Waals surface area contributed by atoms with Gasteiger partial charge in [0.05, 0.1) is 11.5 Å². The highest BCUT2D eigenvalue weighted by atomic mass is 32.1. The minimum Gasteiger partial charge on any atom is -0.493 e. The molecule has 0 aliphatic carbocycles. The van der Waals surface area contributed by atoms with E-state index in [0.29, 0.717) is 12.5 Å². The van der Waals surface area contributed by atoms with Crippen LogP contribution in [0.1, 0.15) is 29.1 Å². The third-order valence-corrected chi connectivity index (χ3v) is 3.52. The topological polar surface area (TPSA) is 26.3 Å². The van der Waals surface area contributed by atoms with Gasteiger partial charge in [0.15, 0.2) is 5.78 Å². The molecule has 2 rings (SSSR count). The minimum atomic E-state index is 0.0356. The summed E-state index contributed by atoms with van der Waals surface area (Å²) >= 11 is 1.46. The van der Waals surface area contributed by atoms with Gasteiger partial charge in [0.1, 0.15) is 5.75 Å². The molecule has 2 aromatic rings. The van der Waals surface area contributed by atoms with E-state index in [2.05, 4.69) is 13.8 Å². The Bertz CT molecular complexity index is 583. The van der Waals surface area contributed by atoms with Gasteiger partial charge in [-0.2, -0.15) is 0 Å². The number of allylic oxidation sites excluding steroid dienone is 1. The summed E-state index contributed by atoms with van der Waals surface area (Å²) in [5.74, 6) is 1.37. The molecule has 0 aliphatic heterocycles. The number of ketones is 1. The maximum atomic E-state index is 11.9. The Labute approximate surface area is 123 Å². The molecular formula is C17H18O2S. The zero-order valence-corrected chi connectivity index (χ0v) is 12.5. The minimum absolute atomic E-state index is 0.0356. The molecule has 104 valence electrons. The average molecular weight is 286 g/mol. The zero-order chi connectivity index (χ0) is 14.4. The van der Waals surface area contributed by atoms with Crippen LogP contribution in [-0.2, 0) is 0 Å². The van der Waals surface area contributed by atoms with Crippen LogP contribution in [0.5, 0.6) is 5.75 Å². The molecule has 3 heteroatoms. The van der Waals surface area contributed by atoms with Crippen LogP contribution in [0.4, 0.5) is 0 Å². The van der Waals surface area contributed by atoms with Gasteiger partial charge < -0.3 is 4.74 Å². The van der Waals surface area contributed by atoms with E-state index < -0.39 is 0 Å². The van der Waals surface area contributed by atoms with Crippen LogP contribution in [0.25, 0.3) is 6.08 Å². The lowest BCUT2D eigenvalue weighted by atomic mass is 10.1. The van der Waals surface area contributed by atoms with Crippen LogP contribution in [0, 0.1) is 5.92 Å². The molecule has 1 aromatic carbocycles. The van der Waals surface area contributed by atoms with E-state index >= 15 is 0 Å². The Morgan fingerprint density at radius 2 is 2.15 bits per heavy atom. The molecule has 20 heavy (non-hydrogen) atoms. The number of ether oxygens (including phenoxy) is 1. The molecular weight excluding hydrogens is 268 g/mol. The zero-order valence-electron chi connectivity index (χ0n) is 11.7. The molecule has 0 N–H and O–H groups in total. The first kappa shape index (κ1) is 14.5. The molecule has 0 amide bonds. The van der Waals surface area contributed by atoms with Crippen LogP contribution >= 0.6 is 11.3 Å². The van der Waals surface area contributed by atoms with Crippen LogP contribution in [0.3, 0.4) is 0 Å². The number of benzene rings is 1. The van der Waals surface area contributed by atoms with E-state index in [0.717, 1.165) is 16.2 Å². The number of carbonyl (C=O) groups excluding carboxylic acids is 1. The maximum Gasteiger partial charge on any atom is 0.195 e. The standard InChI is InChI=1S/C17H18O2S/c1-13(2)12-19-15-6-3-5-14(11-15)8-9-16(18)17-7-4-10-20-17/h3-11,13H,12H2,1-2H3/b9-8+. The largest absolute Gasteiger partial charge is 0.493 e. The average Bonchev–Trinajstić information content (AvgIpc) is 2.97. The van der Waals surface area contributed by atoms with Crippen molar-refractivity contribution in [3.05, 3.63) is 58.3 Å². The Hall–Kier alpha value is -1.87. The number of carbonyl (C=O) groups is 1. The van der Waals surface area contributed by atoms with Gasteiger partial charge in [0, 0.05) is 0 Å². The molecule has 1 aromatic heterocycles. The molecule has 0 saturated heterocycles. The summed E-state index contributed by atoms with van der Waals surface area (Å²) in [5, 5.41) is 1.90. The van der Waals surface area contributed by atoms with Gasteiger partial charge in [0.2, 0.25) is 0 Å². The Morgan fingerprint density at radius 1 is 1.30 bits per heavy atom. The van der Waals surface area contributed by atoms with Crippen molar-refractivity contribution < 1.29 is 9.53 Å². The lowest BCUT2D eigenvalue weighted by Gasteiger charge is -2.08. The van der Waals surface area contributed by atoms with Gasteiger partial charge in [-0.25, -0.2) is 0 Å².